The van der Waals surface area contributed by atoms with E-state index in [2.05, 4.69) is 19.1 Å². The van der Waals surface area contributed by atoms with Crippen LogP contribution in [0.3, 0.4) is 0 Å². The van der Waals surface area contributed by atoms with Gasteiger partial charge in [0.05, 0.1) is 0 Å². The zero-order valence-corrected chi connectivity index (χ0v) is 13.0. The Hall–Kier alpha value is -1.02. The van der Waals surface area contributed by atoms with Gasteiger partial charge in [-0.05, 0) is 47.7 Å². The Bertz CT molecular complexity index is 543. The van der Waals surface area contributed by atoms with Crippen molar-refractivity contribution in [1.29, 1.82) is 0 Å². The van der Waals surface area contributed by atoms with E-state index in [9.17, 15) is 5.11 Å². The number of rotatable bonds is 5. The second kappa shape index (κ2) is 7.12. The smallest absolute Gasteiger partial charge is 0.104 e. The first kappa shape index (κ1) is 15.4. The van der Waals surface area contributed by atoms with Gasteiger partial charge in [0.2, 0.25) is 0 Å². The maximum Gasteiger partial charge on any atom is 0.104 e. The maximum absolute atomic E-state index is 10.4. The molecule has 1 N–H and O–H groups in total. The van der Waals surface area contributed by atoms with E-state index in [1.165, 1.54) is 18.4 Å². The fourth-order valence-corrected chi connectivity index (χ4v) is 2.72. The molecule has 0 amide bonds. The highest BCUT2D eigenvalue weighted by Crippen LogP contribution is 2.28. The number of halogens is 2. The lowest BCUT2D eigenvalue weighted by Crippen LogP contribution is -2.00. The second-order valence-corrected chi connectivity index (χ2v) is 5.82. The quantitative estimate of drug-likeness (QED) is 0.782. The number of benzene rings is 2. The van der Waals surface area contributed by atoms with Crippen molar-refractivity contribution < 1.29 is 5.11 Å². The summed E-state index contributed by atoms with van der Waals surface area (Å²) in [5, 5.41) is 11.5. The Kier molecular flexibility index (Phi) is 5.47. The number of hydrogen-bond acceptors (Lipinski definition) is 1. The van der Waals surface area contributed by atoms with E-state index in [0.29, 0.717) is 15.6 Å². The summed E-state index contributed by atoms with van der Waals surface area (Å²) in [7, 11) is 0. The van der Waals surface area contributed by atoms with E-state index in [4.69, 9.17) is 23.2 Å². The third-order valence-electron chi connectivity index (χ3n) is 3.32. The molecule has 2 aromatic rings. The Morgan fingerprint density at radius 3 is 2.10 bits per heavy atom. The van der Waals surface area contributed by atoms with Gasteiger partial charge in [0, 0.05) is 10.0 Å². The Balaban J connectivity index is 2.17. The monoisotopic (exact) mass is 308 g/mol. The molecule has 0 bridgehead atoms. The van der Waals surface area contributed by atoms with Gasteiger partial charge in [-0.15, -0.1) is 0 Å². The first-order valence-corrected chi connectivity index (χ1v) is 7.58. The van der Waals surface area contributed by atoms with Crippen LogP contribution in [-0.2, 0) is 6.42 Å². The van der Waals surface area contributed by atoms with Gasteiger partial charge in [-0.3, -0.25) is 0 Å². The fourth-order valence-electron chi connectivity index (χ4n) is 2.17. The average molecular weight is 309 g/mol. The molecule has 20 heavy (non-hydrogen) atoms. The van der Waals surface area contributed by atoms with Crippen LogP contribution in [0.4, 0.5) is 0 Å². The second-order valence-electron chi connectivity index (χ2n) is 4.95. The lowest BCUT2D eigenvalue weighted by atomic mass is 9.99. The topological polar surface area (TPSA) is 20.2 Å². The van der Waals surface area contributed by atoms with Crippen LogP contribution < -0.4 is 0 Å². The molecule has 0 saturated carbocycles. The van der Waals surface area contributed by atoms with Crippen molar-refractivity contribution in [3.63, 3.8) is 0 Å². The molecule has 0 aromatic heterocycles. The summed E-state index contributed by atoms with van der Waals surface area (Å²) in [6.07, 6.45) is 2.75. The summed E-state index contributed by atoms with van der Waals surface area (Å²) in [5.74, 6) is 0. The van der Waals surface area contributed by atoms with Crippen LogP contribution in [-0.4, -0.2) is 5.11 Å². The molecule has 0 aliphatic carbocycles. The van der Waals surface area contributed by atoms with E-state index in [0.717, 1.165) is 12.0 Å². The normalized spacial score (nSPS) is 12.4. The molecule has 1 atom stereocenters. The molecule has 0 aliphatic rings. The van der Waals surface area contributed by atoms with Crippen LogP contribution in [0.2, 0.25) is 10.0 Å². The molecule has 0 fully saturated rings. The first-order chi connectivity index (χ1) is 9.60. The predicted octanol–water partition coefficient (Wildman–Crippen LogP) is 5.42. The number of unbranched alkanes of at least 4 members (excludes halogenated alkanes) is 1. The minimum atomic E-state index is -0.702. The summed E-state index contributed by atoms with van der Waals surface area (Å²) in [5.41, 5.74) is 2.86. The largest absolute Gasteiger partial charge is 0.384 e. The molecule has 1 unspecified atom stereocenters. The Morgan fingerprint density at radius 1 is 0.950 bits per heavy atom. The molecule has 3 heteroatoms. The molecule has 0 aliphatic heterocycles. The van der Waals surface area contributed by atoms with Gasteiger partial charge in [-0.25, -0.2) is 0 Å². The third-order valence-corrected chi connectivity index (χ3v) is 3.75. The van der Waals surface area contributed by atoms with Gasteiger partial charge in [0.1, 0.15) is 6.10 Å². The maximum atomic E-state index is 10.4. The van der Waals surface area contributed by atoms with Crippen LogP contribution in [0.15, 0.2) is 42.5 Å². The summed E-state index contributed by atoms with van der Waals surface area (Å²) < 4.78 is 0. The van der Waals surface area contributed by atoms with Gasteiger partial charge in [-0.1, -0.05) is 60.8 Å². The molecule has 106 valence electrons. The Labute approximate surface area is 130 Å². The lowest BCUT2D eigenvalue weighted by Gasteiger charge is -2.13. The number of hydrogen-bond donors (Lipinski definition) is 1. The molecule has 0 radical (unpaired) electrons. The average Bonchev–Trinajstić information content (AvgIpc) is 2.44. The molecule has 2 rings (SSSR count). The van der Waals surface area contributed by atoms with Crippen molar-refractivity contribution in [2.45, 2.75) is 32.3 Å². The summed E-state index contributed by atoms with van der Waals surface area (Å²) in [6.45, 7) is 2.18. The standard InChI is InChI=1S/C17H18Cl2O/c1-2-3-4-12-5-7-13(8-6-12)17(20)14-9-15(18)11-16(19)10-14/h5-11,17,20H,2-4H2,1H3. The zero-order valence-electron chi connectivity index (χ0n) is 11.4. The Morgan fingerprint density at radius 2 is 1.55 bits per heavy atom. The number of aliphatic hydroxyl groups excluding tert-OH is 1. The zero-order chi connectivity index (χ0) is 14.5. The van der Waals surface area contributed by atoms with E-state index >= 15 is 0 Å². The molecule has 2 aromatic carbocycles. The van der Waals surface area contributed by atoms with Crippen LogP contribution in [0.1, 0.15) is 42.6 Å². The van der Waals surface area contributed by atoms with Gasteiger partial charge in [0.15, 0.2) is 0 Å². The van der Waals surface area contributed by atoms with Gasteiger partial charge >= 0.3 is 0 Å². The number of aryl methyl sites for hydroxylation is 1. The van der Waals surface area contributed by atoms with Crippen molar-refractivity contribution in [2.75, 3.05) is 0 Å². The highest BCUT2D eigenvalue weighted by molar-refractivity contribution is 6.34. The summed E-state index contributed by atoms with van der Waals surface area (Å²) in [4.78, 5) is 0. The van der Waals surface area contributed by atoms with E-state index < -0.39 is 6.10 Å². The first-order valence-electron chi connectivity index (χ1n) is 6.83. The van der Waals surface area contributed by atoms with Crippen LogP contribution in [0.5, 0.6) is 0 Å². The highest BCUT2D eigenvalue weighted by atomic mass is 35.5. The molecule has 1 nitrogen and oxygen atoms in total. The molecule has 0 heterocycles. The van der Waals surface area contributed by atoms with Crippen LogP contribution in [0, 0.1) is 0 Å². The molecule has 0 saturated heterocycles. The lowest BCUT2D eigenvalue weighted by molar-refractivity contribution is 0.220. The van der Waals surface area contributed by atoms with Gasteiger partial charge in [0.25, 0.3) is 0 Å². The van der Waals surface area contributed by atoms with Crippen LogP contribution >= 0.6 is 23.2 Å². The SMILES string of the molecule is CCCCc1ccc(C(O)c2cc(Cl)cc(Cl)c2)cc1. The number of aliphatic hydroxyl groups is 1. The fraction of sp³-hybridized carbons (Fsp3) is 0.294. The minimum Gasteiger partial charge on any atom is -0.384 e. The van der Waals surface area contributed by atoms with Crippen molar-refractivity contribution in [1.82, 2.24) is 0 Å². The van der Waals surface area contributed by atoms with Crippen molar-refractivity contribution >= 4 is 23.2 Å². The van der Waals surface area contributed by atoms with Crippen molar-refractivity contribution in [3.8, 4) is 0 Å². The molecular formula is C17H18Cl2O. The van der Waals surface area contributed by atoms with E-state index in [1.54, 1.807) is 18.2 Å². The van der Waals surface area contributed by atoms with E-state index in [1.807, 2.05) is 12.1 Å². The van der Waals surface area contributed by atoms with Crippen molar-refractivity contribution in [2.24, 2.45) is 0 Å². The van der Waals surface area contributed by atoms with Crippen LogP contribution in [0.25, 0.3) is 0 Å². The molecular weight excluding hydrogens is 291 g/mol. The van der Waals surface area contributed by atoms with Gasteiger partial charge in [-0.2, -0.15) is 0 Å². The summed E-state index contributed by atoms with van der Waals surface area (Å²) in [6, 6.07) is 13.2. The van der Waals surface area contributed by atoms with Gasteiger partial charge < -0.3 is 5.11 Å². The predicted molar refractivity (Wildman–Crippen MR) is 85.6 cm³/mol. The minimum absolute atomic E-state index is 0.533. The molecule has 0 spiro atoms. The highest BCUT2D eigenvalue weighted by Gasteiger charge is 2.12. The summed E-state index contributed by atoms with van der Waals surface area (Å²) >= 11 is 11.9. The third kappa shape index (κ3) is 3.99. The van der Waals surface area contributed by atoms with Crippen molar-refractivity contribution in [3.05, 3.63) is 69.2 Å². The van der Waals surface area contributed by atoms with E-state index in [-0.39, 0.29) is 0 Å².